The fourth-order valence-corrected chi connectivity index (χ4v) is 2.66. The molecular weight excluding hydrogens is 345 g/mol. The molecule has 0 atom stereocenters. The van der Waals surface area contributed by atoms with Gasteiger partial charge in [0.15, 0.2) is 0 Å². The third kappa shape index (κ3) is 4.88. The van der Waals surface area contributed by atoms with Crippen molar-refractivity contribution in [1.82, 2.24) is 9.78 Å². The third-order valence-corrected chi connectivity index (χ3v) is 4.17. The van der Waals surface area contributed by atoms with Crippen LogP contribution in [-0.4, -0.2) is 15.7 Å². The number of rotatable bonds is 6. The van der Waals surface area contributed by atoms with Crippen molar-refractivity contribution in [3.63, 3.8) is 0 Å². The number of halogens is 1. The minimum atomic E-state index is -0.360. The number of aryl methyl sites for hydroxylation is 2. The Hall–Kier alpha value is -3.28. The maximum Gasteiger partial charge on any atom is 0.266 e. The van der Waals surface area contributed by atoms with Gasteiger partial charge in [0.25, 0.3) is 5.56 Å². The molecule has 0 aliphatic heterocycles. The molecule has 0 aliphatic carbocycles. The van der Waals surface area contributed by atoms with Crippen LogP contribution in [0.2, 0.25) is 0 Å². The molecule has 0 saturated heterocycles. The van der Waals surface area contributed by atoms with E-state index < -0.39 is 0 Å². The lowest BCUT2D eigenvalue weighted by atomic mass is 10.1. The number of anilines is 1. The molecule has 0 radical (unpaired) electrons. The van der Waals surface area contributed by atoms with Gasteiger partial charge in [0.2, 0.25) is 5.91 Å². The summed E-state index contributed by atoms with van der Waals surface area (Å²) >= 11 is 0. The van der Waals surface area contributed by atoms with Gasteiger partial charge < -0.3 is 5.32 Å². The Morgan fingerprint density at radius 1 is 1.11 bits per heavy atom. The SMILES string of the molecule is Cc1ccc(NC(=O)CCCn2nc(-c3ccccc3)ccc2=O)cc1F. The first-order chi connectivity index (χ1) is 13.0. The normalized spacial score (nSPS) is 10.6. The average molecular weight is 365 g/mol. The Morgan fingerprint density at radius 2 is 1.89 bits per heavy atom. The number of carbonyl (C=O) groups excluding carboxylic acids is 1. The Bertz CT molecular complexity index is 1000. The zero-order valence-corrected chi connectivity index (χ0v) is 15.0. The second-order valence-corrected chi connectivity index (χ2v) is 6.26. The maximum absolute atomic E-state index is 13.5. The summed E-state index contributed by atoms with van der Waals surface area (Å²) in [7, 11) is 0. The summed E-state index contributed by atoms with van der Waals surface area (Å²) in [4.78, 5) is 24.0. The van der Waals surface area contributed by atoms with Crippen LogP contribution in [0.15, 0.2) is 65.5 Å². The molecule has 5 nitrogen and oxygen atoms in total. The lowest BCUT2D eigenvalue weighted by Crippen LogP contribution is -2.23. The number of carbonyl (C=O) groups is 1. The summed E-state index contributed by atoms with van der Waals surface area (Å²) in [6.45, 7) is 1.99. The third-order valence-electron chi connectivity index (χ3n) is 4.17. The molecule has 3 rings (SSSR count). The topological polar surface area (TPSA) is 64.0 Å². The van der Waals surface area contributed by atoms with Gasteiger partial charge in [-0.15, -0.1) is 0 Å². The molecule has 0 spiro atoms. The van der Waals surface area contributed by atoms with E-state index in [1.165, 1.54) is 16.8 Å². The van der Waals surface area contributed by atoms with Crippen LogP contribution in [-0.2, 0) is 11.3 Å². The molecular formula is C21H20FN3O2. The Balaban J connectivity index is 1.59. The van der Waals surface area contributed by atoms with Crippen LogP contribution in [0, 0.1) is 12.7 Å². The highest BCUT2D eigenvalue weighted by Crippen LogP contribution is 2.15. The second kappa shape index (κ2) is 8.40. The number of hydrogen-bond donors (Lipinski definition) is 1. The number of aromatic nitrogens is 2. The molecule has 0 bridgehead atoms. The standard InChI is InChI=1S/C21H20FN3O2/c1-15-9-10-17(14-18(15)22)23-20(26)8-5-13-25-21(27)12-11-19(24-25)16-6-3-2-4-7-16/h2-4,6-7,9-12,14H,5,8,13H2,1H3,(H,23,26). The van der Waals surface area contributed by atoms with E-state index in [4.69, 9.17) is 0 Å². The van der Waals surface area contributed by atoms with Crippen LogP contribution in [0.3, 0.4) is 0 Å². The van der Waals surface area contributed by atoms with Gasteiger partial charge >= 0.3 is 0 Å². The first kappa shape index (κ1) is 18.5. The zero-order chi connectivity index (χ0) is 19.2. The average Bonchev–Trinajstić information content (AvgIpc) is 2.67. The van der Waals surface area contributed by atoms with Crippen LogP contribution < -0.4 is 10.9 Å². The van der Waals surface area contributed by atoms with Crippen LogP contribution in [0.25, 0.3) is 11.3 Å². The van der Waals surface area contributed by atoms with Crippen molar-refractivity contribution in [2.45, 2.75) is 26.3 Å². The number of hydrogen-bond acceptors (Lipinski definition) is 3. The van der Waals surface area contributed by atoms with E-state index in [-0.39, 0.29) is 23.7 Å². The number of nitrogens with zero attached hydrogens (tertiary/aromatic N) is 2. The van der Waals surface area contributed by atoms with E-state index in [0.29, 0.717) is 29.9 Å². The van der Waals surface area contributed by atoms with Crippen molar-refractivity contribution >= 4 is 11.6 Å². The molecule has 0 fully saturated rings. The van der Waals surface area contributed by atoms with Crippen molar-refractivity contribution in [2.75, 3.05) is 5.32 Å². The Morgan fingerprint density at radius 3 is 2.63 bits per heavy atom. The highest BCUT2D eigenvalue weighted by atomic mass is 19.1. The van der Waals surface area contributed by atoms with Crippen molar-refractivity contribution < 1.29 is 9.18 Å². The Kier molecular flexibility index (Phi) is 5.76. The van der Waals surface area contributed by atoms with Crippen LogP contribution in [0.4, 0.5) is 10.1 Å². The lowest BCUT2D eigenvalue weighted by Gasteiger charge is -2.08. The van der Waals surface area contributed by atoms with Gasteiger partial charge in [-0.3, -0.25) is 9.59 Å². The van der Waals surface area contributed by atoms with Crippen molar-refractivity contribution in [3.8, 4) is 11.3 Å². The van der Waals surface area contributed by atoms with Crippen molar-refractivity contribution in [1.29, 1.82) is 0 Å². The fraction of sp³-hybridized carbons (Fsp3) is 0.190. The largest absolute Gasteiger partial charge is 0.326 e. The lowest BCUT2D eigenvalue weighted by molar-refractivity contribution is -0.116. The van der Waals surface area contributed by atoms with Gasteiger partial charge in [-0.1, -0.05) is 36.4 Å². The second-order valence-electron chi connectivity index (χ2n) is 6.26. The van der Waals surface area contributed by atoms with Crippen LogP contribution in [0.1, 0.15) is 18.4 Å². The highest BCUT2D eigenvalue weighted by Gasteiger charge is 2.07. The molecule has 27 heavy (non-hydrogen) atoms. The number of nitrogens with one attached hydrogen (secondary N) is 1. The molecule has 0 unspecified atom stereocenters. The van der Waals surface area contributed by atoms with E-state index >= 15 is 0 Å². The minimum Gasteiger partial charge on any atom is -0.326 e. The quantitative estimate of drug-likeness (QED) is 0.723. The molecule has 6 heteroatoms. The number of benzene rings is 2. The van der Waals surface area contributed by atoms with Gasteiger partial charge in [-0.25, -0.2) is 9.07 Å². The first-order valence-electron chi connectivity index (χ1n) is 8.72. The summed E-state index contributed by atoms with van der Waals surface area (Å²) < 4.78 is 14.9. The summed E-state index contributed by atoms with van der Waals surface area (Å²) in [6, 6.07) is 17.3. The first-order valence-corrected chi connectivity index (χ1v) is 8.72. The maximum atomic E-state index is 13.5. The van der Waals surface area contributed by atoms with E-state index in [1.807, 2.05) is 30.3 Å². The molecule has 1 N–H and O–H groups in total. The zero-order valence-electron chi connectivity index (χ0n) is 15.0. The van der Waals surface area contributed by atoms with Crippen LogP contribution >= 0.6 is 0 Å². The number of amides is 1. The van der Waals surface area contributed by atoms with Crippen LogP contribution in [0.5, 0.6) is 0 Å². The van der Waals surface area contributed by atoms with Gasteiger partial charge in [-0.05, 0) is 37.1 Å². The predicted octanol–water partition coefficient (Wildman–Crippen LogP) is 3.78. The molecule has 138 valence electrons. The molecule has 1 aromatic heterocycles. The summed E-state index contributed by atoms with van der Waals surface area (Å²) in [5.41, 5.74) is 2.36. The molecule has 0 aliphatic rings. The molecule has 1 amide bonds. The predicted molar refractivity (Wildman–Crippen MR) is 103 cm³/mol. The van der Waals surface area contributed by atoms with E-state index in [1.54, 1.807) is 25.1 Å². The van der Waals surface area contributed by atoms with Gasteiger partial charge in [-0.2, -0.15) is 5.10 Å². The summed E-state index contributed by atoms with van der Waals surface area (Å²) in [5, 5.41) is 7.03. The fourth-order valence-electron chi connectivity index (χ4n) is 2.66. The molecule has 1 heterocycles. The van der Waals surface area contributed by atoms with E-state index in [0.717, 1.165) is 5.56 Å². The van der Waals surface area contributed by atoms with Gasteiger partial charge in [0, 0.05) is 30.3 Å². The van der Waals surface area contributed by atoms with E-state index in [2.05, 4.69) is 10.4 Å². The summed E-state index contributed by atoms with van der Waals surface area (Å²) in [6.07, 6.45) is 0.657. The van der Waals surface area contributed by atoms with Crippen molar-refractivity contribution in [3.05, 3.63) is 82.4 Å². The molecule has 0 saturated carbocycles. The van der Waals surface area contributed by atoms with Gasteiger partial charge in [0.05, 0.1) is 5.69 Å². The monoisotopic (exact) mass is 365 g/mol. The highest BCUT2D eigenvalue weighted by molar-refractivity contribution is 5.90. The Labute approximate surface area is 156 Å². The van der Waals surface area contributed by atoms with Crippen molar-refractivity contribution in [2.24, 2.45) is 0 Å². The molecule has 3 aromatic rings. The minimum absolute atomic E-state index is 0.208. The van der Waals surface area contributed by atoms with E-state index in [9.17, 15) is 14.0 Å². The van der Waals surface area contributed by atoms with Gasteiger partial charge in [0.1, 0.15) is 5.82 Å². The molecule has 2 aromatic carbocycles. The summed E-state index contributed by atoms with van der Waals surface area (Å²) in [5.74, 6) is -0.591. The smallest absolute Gasteiger partial charge is 0.266 e.